The smallest absolute Gasteiger partial charge is 0.307 e. The molecule has 3 N–H and O–H groups in total. The van der Waals surface area contributed by atoms with Gasteiger partial charge in [-0.3, -0.25) is 9.59 Å². The fraction of sp³-hybridized carbons (Fsp3) is 0.852. The summed E-state index contributed by atoms with van der Waals surface area (Å²) in [6.45, 7) is 9.70. The molecule has 0 aromatic heterocycles. The van der Waals surface area contributed by atoms with Crippen LogP contribution >= 0.6 is 0 Å². The summed E-state index contributed by atoms with van der Waals surface area (Å²) in [4.78, 5) is 25.2. The summed E-state index contributed by atoms with van der Waals surface area (Å²) < 4.78 is 5.46. The molecule has 5 aliphatic rings. The Bertz CT molecular complexity index is 893. The molecule has 6 heteroatoms. The maximum absolute atomic E-state index is 13.4. The van der Waals surface area contributed by atoms with Gasteiger partial charge >= 0.3 is 5.97 Å². The van der Waals surface area contributed by atoms with Gasteiger partial charge in [0.15, 0.2) is 5.78 Å². The molecule has 0 aromatic carbocycles. The molecular weight excluding hydrogens is 420 g/mol. The van der Waals surface area contributed by atoms with Gasteiger partial charge in [-0.15, -0.1) is 0 Å². The van der Waals surface area contributed by atoms with E-state index in [0.29, 0.717) is 31.4 Å². The van der Waals surface area contributed by atoms with Crippen molar-refractivity contribution in [3.63, 3.8) is 0 Å². The van der Waals surface area contributed by atoms with Crippen LogP contribution in [0.1, 0.15) is 73.1 Å². The number of Topliss-reactive ketones (excluding diaryl/α,β-unsaturated/α-hetero) is 1. The van der Waals surface area contributed by atoms with E-state index in [1.165, 1.54) is 6.92 Å². The lowest BCUT2D eigenvalue weighted by Gasteiger charge is -2.61. The molecule has 5 rings (SSSR count). The van der Waals surface area contributed by atoms with Crippen LogP contribution in [0.5, 0.6) is 0 Å². The SMILES string of the molecule is CC(=O)OC1=C[C@@H](C)C2[C@@H](CC3[C@H]4C(CC[C@@]32C)[C@@]2(C)C[C@@H](O)CCC2C(=O)[C@@H]4O)[C@@]1(C)O. The van der Waals surface area contributed by atoms with Crippen LogP contribution in [-0.4, -0.2) is 44.9 Å². The second-order valence-electron chi connectivity index (χ2n) is 12.7. The number of carbonyl (C=O) groups is 2. The third-order valence-electron chi connectivity index (χ3n) is 11.0. The van der Waals surface area contributed by atoms with Crippen molar-refractivity contribution < 1.29 is 29.6 Å². The molecule has 0 bridgehead atoms. The fourth-order valence-corrected chi connectivity index (χ4v) is 9.74. The highest BCUT2D eigenvalue weighted by atomic mass is 16.5. The molecule has 4 unspecified atom stereocenters. The van der Waals surface area contributed by atoms with Crippen LogP contribution < -0.4 is 0 Å². The highest BCUT2D eigenvalue weighted by Crippen LogP contribution is 2.71. The van der Waals surface area contributed by atoms with Crippen LogP contribution in [0.25, 0.3) is 0 Å². The van der Waals surface area contributed by atoms with Gasteiger partial charge in [-0.05, 0) is 97.9 Å². The van der Waals surface area contributed by atoms with Crippen molar-refractivity contribution in [3.8, 4) is 0 Å². The molecule has 0 heterocycles. The maximum Gasteiger partial charge on any atom is 0.307 e. The summed E-state index contributed by atoms with van der Waals surface area (Å²) in [7, 11) is 0. The number of carbonyl (C=O) groups excluding carboxylic acids is 2. The first-order chi connectivity index (χ1) is 15.3. The highest BCUT2D eigenvalue weighted by molar-refractivity contribution is 5.87. The van der Waals surface area contributed by atoms with Gasteiger partial charge in [0.05, 0.1) is 6.10 Å². The van der Waals surface area contributed by atoms with E-state index in [0.717, 1.165) is 12.8 Å². The van der Waals surface area contributed by atoms with Gasteiger partial charge in [0.2, 0.25) is 0 Å². The van der Waals surface area contributed by atoms with Gasteiger partial charge in [0.1, 0.15) is 17.5 Å². The number of rotatable bonds is 1. The van der Waals surface area contributed by atoms with Crippen molar-refractivity contribution in [3.05, 3.63) is 11.8 Å². The molecule has 0 saturated heterocycles. The average Bonchev–Trinajstić information content (AvgIpc) is 3.04. The van der Waals surface area contributed by atoms with Crippen molar-refractivity contribution in [2.24, 2.45) is 52.3 Å². The van der Waals surface area contributed by atoms with Crippen LogP contribution in [0, 0.1) is 52.3 Å². The zero-order valence-electron chi connectivity index (χ0n) is 20.6. The van der Waals surface area contributed by atoms with E-state index in [2.05, 4.69) is 20.8 Å². The Labute approximate surface area is 196 Å². The van der Waals surface area contributed by atoms with E-state index in [1.807, 2.05) is 6.08 Å². The molecule has 4 saturated carbocycles. The van der Waals surface area contributed by atoms with Crippen LogP contribution in [0.2, 0.25) is 0 Å². The zero-order chi connectivity index (χ0) is 24.1. The molecule has 4 fully saturated rings. The van der Waals surface area contributed by atoms with Crippen LogP contribution in [0.3, 0.4) is 0 Å². The standard InChI is InChI=1S/C27H40O6/c1-13-10-20(33-14(2)28)27(5,32)19-11-18-21-16(8-9-25(18,3)22(13)19)26(4)12-15(29)6-7-17(26)23(30)24(21)31/h10,13,15-19,21-22,24,29,31-32H,6-9,11-12H2,1-5H3/t13-,15+,16?,17?,18?,19-,21-,22?,24-,25+,26-,27-/m1/s1. The first kappa shape index (κ1) is 23.5. The third-order valence-corrected chi connectivity index (χ3v) is 11.0. The summed E-state index contributed by atoms with van der Waals surface area (Å²) in [6.07, 6.45) is 5.08. The Morgan fingerprint density at radius 3 is 2.42 bits per heavy atom. The van der Waals surface area contributed by atoms with Crippen molar-refractivity contribution >= 4 is 11.8 Å². The van der Waals surface area contributed by atoms with Crippen molar-refractivity contribution in [2.75, 3.05) is 0 Å². The second kappa shape index (κ2) is 7.38. The number of esters is 1. The van der Waals surface area contributed by atoms with Gasteiger partial charge < -0.3 is 20.1 Å². The Balaban J connectivity index is 1.54. The molecule has 0 spiro atoms. The van der Waals surface area contributed by atoms with E-state index in [9.17, 15) is 24.9 Å². The van der Waals surface area contributed by atoms with Crippen LogP contribution in [0.4, 0.5) is 0 Å². The number of aliphatic hydroxyl groups is 3. The number of ketones is 1. The van der Waals surface area contributed by atoms with Crippen LogP contribution in [-0.2, 0) is 14.3 Å². The lowest BCUT2D eigenvalue weighted by Crippen LogP contribution is -2.62. The van der Waals surface area contributed by atoms with E-state index < -0.39 is 17.7 Å². The fourth-order valence-electron chi connectivity index (χ4n) is 9.74. The number of ether oxygens (including phenoxy) is 1. The number of hydrogen-bond donors (Lipinski definition) is 3. The minimum absolute atomic E-state index is 0.0386. The molecule has 33 heavy (non-hydrogen) atoms. The monoisotopic (exact) mass is 460 g/mol. The Morgan fingerprint density at radius 2 is 1.76 bits per heavy atom. The minimum atomic E-state index is -1.27. The van der Waals surface area contributed by atoms with Crippen molar-refractivity contribution in [1.82, 2.24) is 0 Å². The van der Waals surface area contributed by atoms with Crippen LogP contribution in [0.15, 0.2) is 11.8 Å². The predicted molar refractivity (Wildman–Crippen MR) is 122 cm³/mol. The summed E-state index contributed by atoms with van der Waals surface area (Å²) in [6, 6.07) is 0. The average molecular weight is 461 g/mol. The van der Waals surface area contributed by atoms with E-state index in [4.69, 9.17) is 4.74 Å². The molecule has 12 atom stereocenters. The Morgan fingerprint density at radius 1 is 1.06 bits per heavy atom. The molecule has 0 radical (unpaired) electrons. The first-order valence-electron chi connectivity index (χ1n) is 12.8. The van der Waals surface area contributed by atoms with Crippen molar-refractivity contribution in [1.29, 1.82) is 0 Å². The van der Waals surface area contributed by atoms with E-state index in [1.54, 1.807) is 6.92 Å². The predicted octanol–water partition coefficient (Wildman–Crippen LogP) is 3.23. The van der Waals surface area contributed by atoms with Gasteiger partial charge in [0, 0.05) is 12.8 Å². The Kier molecular flexibility index (Phi) is 5.25. The summed E-state index contributed by atoms with van der Waals surface area (Å²) >= 11 is 0. The summed E-state index contributed by atoms with van der Waals surface area (Å²) in [5.41, 5.74) is -1.68. The van der Waals surface area contributed by atoms with Gasteiger partial charge in [-0.1, -0.05) is 20.8 Å². The largest absolute Gasteiger partial charge is 0.428 e. The number of fused-ring (bicyclic) bond motifs is 7. The minimum Gasteiger partial charge on any atom is -0.428 e. The molecule has 184 valence electrons. The number of aliphatic hydroxyl groups excluding tert-OH is 2. The zero-order valence-corrected chi connectivity index (χ0v) is 20.6. The molecular formula is C27H40O6. The molecule has 5 aliphatic carbocycles. The molecule has 0 amide bonds. The lowest BCUT2D eigenvalue weighted by atomic mass is 9.43. The quantitative estimate of drug-likeness (QED) is 0.519. The first-order valence-corrected chi connectivity index (χ1v) is 12.8. The lowest BCUT2D eigenvalue weighted by molar-refractivity contribution is -0.185. The van der Waals surface area contributed by atoms with Gasteiger partial charge in [-0.25, -0.2) is 0 Å². The van der Waals surface area contributed by atoms with E-state index >= 15 is 0 Å². The summed E-state index contributed by atoms with van der Waals surface area (Å²) in [5, 5.41) is 33.5. The van der Waals surface area contributed by atoms with Gasteiger partial charge in [-0.2, -0.15) is 0 Å². The maximum atomic E-state index is 13.4. The summed E-state index contributed by atoms with van der Waals surface area (Å²) in [5.74, 6) is 0.00876. The Hall–Kier alpha value is -1.24. The topological polar surface area (TPSA) is 104 Å². The number of allylic oxidation sites excluding steroid dienone is 1. The molecule has 0 aromatic rings. The second-order valence-corrected chi connectivity index (χ2v) is 12.7. The third kappa shape index (κ3) is 3.09. The van der Waals surface area contributed by atoms with Gasteiger partial charge in [0.25, 0.3) is 0 Å². The highest BCUT2D eigenvalue weighted by Gasteiger charge is 2.69. The number of hydrogen-bond acceptors (Lipinski definition) is 6. The molecule has 0 aliphatic heterocycles. The van der Waals surface area contributed by atoms with E-state index in [-0.39, 0.29) is 64.1 Å². The molecule has 6 nitrogen and oxygen atoms in total. The normalized spacial score (nSPS) is 55.6. The van der Waals surface area contributed by atoms with Crippen molar-refractivity contribution in [2.45, 2.75) is 91.0 Å².